The van der Waals surface area contributed by atoms with Crippen LogP contribution in [0.25, 0.3) is 16.3 Å². The monoisotopic (exact) mass is 424 g/mol. The molecule has 0 spiro atoms. The quantitative estimate of drug-likeness (QED) is 0.564. The van der Waals surface area contributed by atoms with Crippen LogP contribution in [0, 0.1) is 5.41 Å². The van der Waals surface area contributed by atoms with Crippen molar-refractivity contribution in [2.45, 2.75) is 58.8 Å². The van der Waals surface area contributed by atoms with E-state index < -0.39 is 0 Å². The normalized spacial score (nSPS) is 19.9. The Balaban J connectivity index is 1.95. The second-order valence-corrected chi connectivity index (χ2v) is 10.4. The molecule has 2 aliphatic rings. The molecule has 0 unspecified atom stereocenters. The largest absolute Gasteiger partial charge is 0.396 e. The Kier molecular flexibility index (Phi) is 4.63. The van der Waals surface area contributed by atoms with Crippen LogP contribution in [-0.4, -0.2) is 11.7 Å². The SMILES string of the molecule is CC1(C)C=CC2=C(C1)CC(C)(C)c1c2ccc2cc(Br)c(CCCO)cc12. The Morgan fingerprint density at radius 1 is 1.07 bits per heavy atom. The van der Waals surface area contributed by atoms with Gasteiger partial charge in [0, 0.05) is 11.1 Å². The Morgan fingerprint density at radius 3 is 2.59 bits per heavy atom. The van der Waals surface area contributed by atoms with Gasteiger partial charge in [0.15, 0.2) is 0 Å². The third-order valence-electron chi connectivity index (χ3n) is 6.16. The van der Waals surface area contributed by atoms with Crippen LogP contribution in [-0.2, 0) is 11.8 Å². The Hall–Kier alpha value is -1.38. The van der Waals surface area contributed by atoms with E-state index in [4.69, 9.17) is 0 Å². The molecule has 27 heavy (non-hydrogen) atoms. The first-order chi connectivity index (χ1) is 12.7. The number of fused-ring (bicyclic) bond motifs is 4. The standard InChI is InChI=1S/C25H29BrO/c1-24(2)10-9-19-18(14-24)15-25(3,4)23-20(19)8-7-16-13-22(26)17(6-5-11-27)12-21(16)23/h7-10,12-13,27H,5-6,11,14-15H2,1-4H3. The molecular formula is C25H29BrO. The van der Waals surface area contributed by atoms with Crippen molar-refractivity contribution < 1.29 is 5.11 Å². The van der Waals surface area contributed by atoms with Gasteiger partial charge in [0.05, 0.1) is 0 Å². The minimum atomic E-state index is 0.122. The number of halogens is 1. The molecule has 0 heterocycles. The molecule has 0 radical (unpaired) electrons. The van der Waals surface area contributed by atoms with Crippen molar-refractivity contribution in [1.29, 1.82) is 0 Å². The fourth-order valence-electron chi connectivity index (χ4n) is 4.99. The second kappa shape index (κ2) is 6.60. The van der Waals surface area contributed by atoms with E-state index >= 15 is 0 Å². The molecule has 0 aromatic heterocycles. The molecular weight excluding hydrogens is 396 g/mol. The summed E-state index contributed by atoms with van der Waals surface area (Å²) in [7, 11) is 0. The first kappa shape index (κ1) is 19.0. The fraction of sp³-hybridized carbons (Fsp3) is 0.440. The van der Waals surface area contributed by atoms with E-state index in [1.165, 1.54) is 33.0 Å². The summed E-state index contributed by atoms with van der Waals surface area (Å²) in [6.07, 6.45) is 8.73. The third kappa shape index (κ3) is 3.32. The molecule has 0 amide bonds. The lowest BCUT2D eigenvalue weighted by molar-refractivity contribution is 0.288. The van der Waals surface area contributed by atoms with Crippen LogP contribution >= 0.6 is 15.9 Å². The van der Waals surface area contributed by atoms with Gasteiger partial charge in [-0.2, -0.15) is 0 Å². The molecule has 1 nitrogen and oxygen atoms in total. The van der Waals surface area contributed by atoms with E-state index in [0.29, 0.717) is 0 Å². The molecule has 142 valence electrons. The van der Waals surface area contributed by atoms with Gasteiger partial charge in [-0.05, 0) is 81.7 Å². The summed E-state index contributed by atoms with van der Waals surface area (Å²) >= 11 is 3.74. The van der Waals surface area contributed by atoms with Gasteiger partial charge < -0.3 is 5.11 Å². The van der Waals surface area contributed by atoms with Gasteiger partial charge in [-0.3, -0.25) is 0 Å². The van der Waals surface area contributed by atoms with Gasteiger partial charge in [-0.25, -0.2) is 0 Å². The maximum atomic E-state index is 9.25. The molecule has 0 saturated carbocycles. The Bertz CT molecular complexity index is 975. The lowest BCUT2D eigenvalue weighted by Gasteiger charge is -2.40. The lowest BCUT2D eigenvalue weighted by atomic mass is 9.64. The highest BCUT2D eigenvalue weighted by atomic mass is 79.9. The van der Waals surface area contributed by atoms with E-state index in [1.54, 1.807) is 5.57 Å². The van der Waals surface area contributed by atoms with Crippen LogP contribution in [0.4, 0.5) is 0 Å². The minimum absolute atomic E-state index is 0.122. The van der Waals surface area contributed by atoms with Gasteiger partial charge in [-0.1, -0.05) is 73.5 Å². The number of hydrogen-bond acceptors (Lipinski definition) is 1. The van der Waals surface area contributed by atoms with Crippen molar-refractivity contribution in [3.8, 4) is 0 Å². The Morgan fingerprint density at radius 2 is 1.85 bits per heavy atom. The maximum Gasteiger partial charge on any atom is 0.0434 e. The van der Waals surface area contributed by atoms with Crippen LogP contribution in [0.15, 0.2) is 46.5 Å². The summed E-state index contributed by atoms with van der Waals surface area (Å²) in [5, 5.41) is 11.9. The molecule has 2 aliphatic carbocycles. The van der Waals surface area contributed by atoms with E-state index in [-0.39, 0.29) is 17.4 Å². The van der Waals surface area contributed by atoms with Gasteiger partial charge in [-0.15, -0.1) is 0 Å². The molecule has 2 heteroatoms. The highest BCUT2D eigenvalue weighted by Gasteiger charge is 2.36. The lowest BCUT2D eigenvalue weighted by Crippen LogP contribution is -2.28. The van der Waals surface area contributed by atoms with Gasteiger partial charge in [0.25, 0.3) is 0 Å². The third-order valence-corrected chi connectivity index (χ3v) is 6.90. The van der Waals surface area contributed by atoms with Crippen LogP contribution in [0.2, 0.25) is 0 Å². The fourth-order valence-corrected chi connectivity index (χ4v) is 5.55. The van der Waals surface area contributed by atoms with E-state index in [9.17, 15) is 5.11 Å². The van der Waals surface area contributed by atoms with Crippen LogP contribution in [0.1, 0.15) is 63.6 Å². The summed E-state index contributed by atoms with van der Waals surface area (Å²) in [5.41, 5.74) is 7.63. The number of aliphatic hydroxyl groups excluding tert-OH is 1. The zero-order chi connectivity index (χ0) is 19.4. The van der Waals surface area contributed by atoms with Crippen molar-refractivity contribution >= 4 is 32.3 Å². The molecule has 0 bridgehead atoms. The van der Waals surface area contributed by atoms with Gasteiger partial charge in [0.1, 0.15) is 0 Å². The first-order valence-corrected chi connectivity index (χ1v) is 10.8. The van der Waals surface area contributed by atoms with Crippen LogP contribution < -0.4 is 0 Å². The zero-order valence-electron chi connectivity index (χ0n) is 16.8. The smallest absolute Gasteiger partial charge is 0.0434 e. The number of hydrogen-bond donors (Lipinski definition) is 1. The summed E-state index contributed by atoms with van der Waals surface area (Å²) in [4.78, 5) is 0. The maximum absolute atomic E-state index is 9.25. The van der Waals surface area contributed by atoms with Crippen molar-refractivity contribution in [3.63, 3.8) is 0 Å². The van der Waals surface area contributed by atoms with Crippen molar-refractivity contribution in [1.82, 2.24) is 0 Å². The average Bonchev–Trinajstić information content (AvgIpc) is 2.57. The van der Waals surface area contributed by atoms with E-state index in [2.05, 4.69) is 80.0 Å². The molecule has 0 fully saturated rings. The highest BCUT2D eigenvalue weighted by molar-refractivity contribution is 9.10. The highest BCUT2D eigenvalue weighted by Crippen LogP contribution is 2.51. The second-order valence-electron chi connectivity index (χ2n) is 9.56. The predicted molar refractivity (Wildman–Crippen MR) is 119 cm³/mol. The number of allylic oxidation sites excluding steroid dienone is 4. The number of rotatable bonds is 3. The molecule has 2 aromatic carbocycles. The molecule has 0 aliphatic heterocycles. The van der Waals surface area contributed by atoms with Gasteiger partial charge in [0.2, 0.25) is 0 Å². The molecule has 1 N–H and O–H groups in total. The number of benzene rings is 2. The topological polar surface area (TPSA) is 20.2 Å². The van der Waals surface area contributed by atoms with E-state index in [1.807, 2.05) is 0 Å². The predicted octanol–water partition coefficient (Wildman–Crippen LogP) is 6.95. The van der Waals surface area contributed by atoms with Crippen molar-refractivity contribution in [2.24, 2.45) is 5.41 Å². The van der Waals surface area contributed by atoms with Crippen molar-refractivity contribution in [2.75, 3.05) is 6.61 Å². The Labute approximate surface area is 171 Å². The summed E-state index contributed by atoms with van der Waals surface area (Å²) in [5.74, 6) is 0. The van der Waals surface area contributed by atoms with Crippen molar-refractivity contribution in [3.05, 3.63) is 63.2 Å². The molecule has 2 aromatic rings. The number of aryl methyl sites for hydroxylation is 1. The van der Waals surface area contributed by atoms with Crippen LogP contribution in [0.5, 0.6) is 0 Å². The molecule has 4 rings (SSSR count). The number of aliphatic hydroxyl groups is 1. The summed E-state index contributed by atoms with van der Waals surface area (Å²) in [6, 6.07) is 9.21. The van der Waals surface area contributed by atoms with E-state index in [0.717, 1.165) is 30.2 Å². The molecule has 0 saturated heterocycles. The zero-order valence-corrected chi connectivity index (χ0v) is 18.4. The minimum Gasteiger partial charge on any atom is -0.396 e. The average molecular weight is 425 g/mol. The summed E-state index contributed by atoms with van der Waals surface area (Å²) in [6.45, 7) is 9.70. The van der Waals surface area contributed by atoms with Crippen LogP contribution in [0.3, 0.4) is 0 Å². The molecule has 0 atom stereocenters. The van der Waals surface area contributed by atoms with Gasteiger partial charge >= 0.3 is 0 Å². The first-order valence-electron chi connectivity index (χ1n) is 10.00. The summed E-state index contributed by atoms with van der Waals surface area (Å²) < 4.78 is 1.15.